The normalized spacial score (nSPS) is 12.0. The van der Waals surface area contributed by atoms with E-state index in [0.29, 0.717) is 12.1 Å². The van der Waals surface area contributed by atoms with Gasteiger partial charge in [-0.1, -0.05) is 31.4 Å². The van der Waals surface area contributed by atoms with Gasteiger partial charge in [0, 0.05) is 0 Å². The molecule has 100 valence electrons. The van der Waals surface area contributed by atoms with E-state index in [1.807, 2.05) is 6.92 Å². The van der Waals surface area contributed by atoms with Crippen LogP contribution >= 0.6 is 11.6 Å². The molecule has 0 aromatic heterocycles. The van der Waals surface area contributed by atoms with E-state index in [1.54, 1.807) is 0 Å². The van der Waals surface area contributed by atoms with Crippen molar-refractivity contribution in [3.8, 4) is 0 Å². The summed E-state index contributed by atoms with van der Waals surface area (Å²) in [7, 11) is 1.34. The summed E-state index contributed by atoms with van der Waals surface area (Å²) >= 11 is 5.90. The molecule has 0 aliphatic rings. The molecule has 0 saturated carbocycles. The highest BCUT2D eigenvalue weighted by atomic mass is 35.5. The standard InChI is InChI=1S/C13H17ClFNO2/c1-3-4-5-12(13(17)18-2)16-11-7-6-9(15)8-10(11)14/h6-8,12,16H,3-5H2,1-2H3. The van der Waals surface area contributed by atoms with Crippen LogP contribution in [0, 0.1) is 5.82 Å². The number of unbranched alkanes of at least 4 members (excludes halogenated alkanes) is 1. The third-order valence-electron chi connectivity index (χ3n) is 2.59. The van der Waals surface area contributed by atoms with Crippen molar-refractivity contribution in [2.75, 3.05) is 12.4 Å². The molecule has 0 radical (unpaired) electrons. The second kappa shape index (κ2) is 7.21. The first kappa shape index (κ1) is 14.8. The summed E-state index contributed by atoms with van der Waals surface area (Å²) < 4.78 is 17.6. The second-order valence-electron chi connectivity index (χ2n) is 3.99. The van der Waals surface area contributed by atoms with Crippen molar-refractivity contribution in [3.05, 3.63) is 29.0 Å². The van der Waals surface area contributed by atoms with Crippen molar-refractivity contribution in [2.24, 2.45) is 0 Å². The van der Waals surface area contributed by atoms with Crippen molar-refractivity contribution in [3.63, 3.8) is 0 Å². The first-order chi connectivity index (χ1) is 8.58. The lowest BCUT2D eigenvalue weighted by Gasteiger charge is -2.18. The van der Waals surface area contributed by atoms with E-state index in [9.17, 15) is 9.18 Å². The molecule has 1 aromatic rings. The number of carbonyl (C=O) groups is 1. The predicted molar refractivity (Wildman–Crippen MR) is 70.4 cm³/mol. The van der Waals surface area contributed by atoms with Gasteiger partial charge in [-0.15, -0.1) is 0 Å². The minimum Gasteiger partial charge on any atom is -0.467 e. The molecule has 0 heterocycles. The van der Waals surface area contributed by atoms with Gasteiger partial charge in [0.2, 0.25) is 0 Å². The van der Waals surface area contributed by atoms with Crippen LogP contribution in [-0.4, -0.2) is 19.1 Å². The van der Waals surface area contributed by atoms with Gasteiger partial charge in [-0.05, 0) is 24.6 Å². The van der Waals surface area contributed by atoms with Gasteiger partial charge >= 0.3 is 5.97 Å². The Morgan fingerprint density at radius 2 is 2.28 bits per heavy atom. The van der Waals surface area contributed by atoms with Crippen LogP contribution in [0.1, 0.15) is 26.2 Å². The Labute approximate surface area is 111 Å². The highest BCUT2D eigenvalue weighted by Crippen LogP contribution is 2.24. The number of benzene rings is 1. The fourth-order valence-corrected chi connectivity index (χ4v) is 1.82. The lowest BCUT2D eigenvalue weighted by molar-refractivity contribution is -0.141. The Morgan fingerprint density at radius 1 is 1.56 bits per heavy atom. The molecule has 1 N–H and O–H groups in total. The van der Waals surface area contributed by atoms with Crippen LogP contribution < -0.4 is 5.32 Å². The Morgan fingerprint density at radius 3 is 2.83 bits per heavy atom. The third kappa shape index (κ3) is 4.18. The van der Waals surface area contributed by atoms with Crippen molar-refractivity contribution < 1.29 is 13.9 Å². The molecule has 1 aromatic carbocycles. The average molecular weight is 274 g/mol. The number of rotatable bonds is 6. The van der Waals surface area contributed by atoms with Crippen LogP contribution in [0.3, 0.4) is 0 Å². The number of methoxy groups -OCH3 is 1. The number of hydrogen-bond donors (Lipinski definition) is 1. The van der Waals surface area contributed by atoms with E-state index >= 15 is 0 Å². The van der Waals surface area contributed by atoms with Crippen molar-refractivity contribution in [1.29, 1.82) is 0 Å². The SMILES string of the molecule is CCCCC(Nc1ccc(F)cc1Cl)C(=O)OC. The highest BCUT2D eigenvalue weighted by Gasteiger charge is 2.19. The molecule has 0 fully saturated rings. The van der Waals surface area contributed by atoms with E-state index in [4.69, 9.17) is 16.3 Å². The summed E-state index contributed by atoms with van der Waals surface area (Å²) in [6, 6.07) is 3.55. The van der Waals surface area contributed by atoms with Crippen LogP contribution in [0.4, 0.5) is 10.1 Å². The van der Waals surface area contributed by atoms with Crippen LogP contribution in [-0.2, 0) is 9.53 Å². The third-order valence-corrected chi connectivity index (χ3v) is 2.91. The number of anilines is 1. The number of nitrogens with one attached hydrogen (secondary N) is 1. The van der Waals surface area contributed by atoms with Crippen molar-refractivity contribution in [1.82, 2.24) is 0 Å². The van der Waals surface area contributed by atoms with E-state index in [2.05, 4.69) is 5.32 Å². The summed E-state index contributed by atoms with van der Waals surface area (Å²) in [6.45, 7) is 2.04. The first-order valence-electron chi connectivity index (χ1n) is 5.88. The quantitative estimate of drug-likeness (QED) is 0.805. The van der Waals surface area contributed by atoms with Gasteiger partial charge in [-0.3, -0.25) is 0 Å². The lowest BCUT2D eigenvalue weighted by atomic mass is 10.1. The van der Waals surface area contributed by atoms with E-state index in [-0.39, 0.29) is 11.0 Å². The molecule has 0 amide bonds. The summed E-state index contributed by atoms with van der Waals surface area (Å²) in [5, 5.41) is 3.24. The minimum atomic E-state index is -0.460. The Bertz CT molecular complexity index is 412. The van der Waals surface area contributed by atoms with E-state index in [1.165, 1.54) is 25.3 Å². The fourth-order valence-electron chi connectivity index (χ4n) is 1.59. The predicted octanol–water partition coefficient (Wildman–Crippen LogP) is 3.62. The molecule has 0 aliphatic carbocycles. The molecular formula is C13H17ClFNO2. The Hall–Kier alpha value is -1.29. The highest BCUT2D eigenvalue weighted by molar-refractivity contribution is 6.33. The van der Waals surface area contributed by atoms with Gasteiger partial charge in [-0.2, -0.15) is 0 Å². The fraction of sp³-hybridized carbons (Fsp3) is 0.462. The molecule has 0 spiro atoms. The molecule has 0 bridgehead atoms. The molecule has 3 nitrogen and oxygen atoms in total. The van der Waals surface area contributed by atoms with Gasteiger partial charge in [0.15, 0.2) is 0 Å². The zero-order valence-electron chi connectivity index (χ0n) is 10.5. The molecule has 18 heavy (non-hydrogen) atoms. The molecule has 5 heteroatoms. The summed E-state index contributed by atoms with van der Waals surface area (Å²) in [5.41, 5.74) is 0.532. The summed E-state index contributed by atoms with van der Waals surface area (Å²) in [4.78, 5) is 11.6. The molecule has 0 saturated heterocycles. The van der Waals surface area contributed by atoms with E-state index < -0.39 is 11.9 Å². The molecule has 1 rings (SSSR count). The van der Waals surface area contributed by atoms with Gasteiger partial charge in [0.05, 0.1) is 17.8 Å². The van der Waals surface area contributed by atoms with Crippen molar-refractivity contribution in [2.45, 2.75) is 32.2 Å². The number of hydrogen-bond acceptors (Lipinski definition) is 3. The van der Waals surface area contributed by atoms with Crippen LogP contribution in [0.2, 0.25) is 5.02 Å². The zero-order valence-corrected chi connectivity index (χ0v) is 11.3. The van der Waals surface area contributed by atoms with Crippen LogP contribution in [0.25, 0.3) is 0 Å². The maximum atomic E-state index is 12.9. The number of ether oxygens (including phenoxy) is 1. The van der Waals surface area contributed by atoms with Gasteiger partial charge < -0.3 is 10.1 Å². The lowest BCUT2D eigenvalue weighted by Crippen LogP contribution is -2.30. The smallest absolute Gasteiger partial charge is 0.328 e. The average Bonchev–Trinajstić information content (AvgIpc) is 2.36. The Balaban J connectivity index is 2.78. The van der Waals surface area contributed by atoms with E-state index in [0.717, 1.165) is 12.8 Å². The topological polar surface area (TPSA) is 38.3 Å². The largest absolute Gasteiger partial charge is 0.467 e. The summed E-state index contributed by atoms with van der Waals surface area (Å²) in [5.74, 6) is -0.752. The monoisotopic (exact) mass is 273 g/mol. The maximum absolute atomic E-state index is 12.9. The number of carbonyl (C=O) groups excluding carboxylic acids is 1. The summed E-state index contributed by atoms with van der Waals surface area (Å²) in [6.07, 6.45) is 2.52. The van der Waals surface area contributed by atoms with Gasteiger partial charge in [0.1, 0.15) is 11.9 Å². The van der Waals surface area contributed by atoms with Gasteiger partial charge in [0.25, 0.3) is 0 Å². The molecular weight excluding hydrogens is 257 g/mol. The minimum absolute atomic E-state index is 0.250. The van der Waals surface area contributed by atoms with Gasteiger partial charge in [-0.25, -0.2) is 9.18 Å². The molecule has 1 atom stereocenters. The number of esters is 1. The Kier molecular flexibility index (Phi) is 5.92. The first-order valence-corrected chi connectivity index (χ1v) is 6.25. The maximum Gasteiger partial charge on any atom is 0.328 e. The van der Waals surface area contributed by atoms with Crippen molar-refractivity contribution >= 4 is 23.3 Å². The van der Waals surface area contributed by atoms with Crippen LogP contribution in [0.15, 0.2) is 18.2 Å². The zero-order chi connectivity index (χ0) is 13.5. The second-order valence-corrected chi connectivity index (χ2v) is 4.39. The number of halogens is 2. The molecule has 1 unspecified atom stereocenters. The molecule has 0 aliphatic heterocycles. The van der Waals surface area contributed by atoms with Crippen LogP contribution in [0.5, 0.6) is 0 Å².